The van der Waals surface area contributed by atoms with Crippen LogP contribution in [0.5, 0.6) is 0 Å². The maximum Gasteiger partial charge on any atom is 0.227 e. The lowest BCUT2D eigenvalue weighted by atomic mass is 10.2. The van der Waals surface area contributed by atoms with Crippen molar-refractivity contribution in [3.05, 3.63) is 24.3 Å². The van der Waals surface area contributed by atoms with Gasteiger partial charge in [0.25, 0.3) is 0 Å². The molecule has 2 aliphatic rings. The Bertz CT molecular complexity index is 602. The first kappa shape index (κ1) is 17.3. The van der Waals surface area contributed by atoms with Gasteiger partial charge in [-0.3, -0.25) is 9.59 Å². The smallest absolute Gasteiger partial charge is 0.227 e. The maximum atomic E-state index is 12.6. The number of benzene rings is 1. The quantitative estimate of drug-likeness (QED) is 0.889. The summed E-state index contributed by atoms with van der Waals surface area (Å²) in [7, 11) is 0. The number of para-hydroxylation sites is 1. The molecule has 1 aromatic rings. The van der Waals surface area contributed by atoms with Gasteiger partial charge in [0.1, 0.15) is 0 Å². The van der Waals surface area contributed by atoms with Crippen LogP contribution in [0, 0.1) is 0 Å². The predicted molar refractivity (Wildman–Crippen MR) is 95.3 cm³/mol. The van der Waals surface area contributed by atoms with E-state index in [-0.39, 0.29) is 30.8 Å². The highest BCUT2D eigenvalue weighted by Gasteiger charge is 2.26. The summed E-state index contributed by atoms with van der Waals surface area (Å²) in [5.41, 5.74) is 0.963. The van der Waals surface area contributed by atoms with Crippen molar-refractivity contribution in [1.29, 1.82) is 0 Å². The van der Waals surface area contributed by atoms with Crippen LogP contribution >= 0.6 is 11.8 Å². The van der Waals surface area contributed by atoms with E-state index in [2.05, 4.69) is 12.2 Å². The number of anilines is 1. The molecule has 1 fully saturated rings. The molecule has 2 amide bonds. The molecule has 1 aromatic carbocycles. The highest BCUT2D eigenvalue weighted by atomic mass is 32.2. The van der Waals surface area contributed by atoms with Crippen molar-refractivity contribution in [2.45, 2.75) is 48.9 Å². The summed E-state index contributed by atoms with van der Waals surface area (Å²) in [6.07, 6.45) is 2.66. The van der Waals surface area contributed by atoms with Crippen molar-refractivity contribution in [2.75, 3.05) is 24.6 Å². The Morgan fingerprint density at radius 1 is 1.33 bits per heavy atom. The third kappa shape index (κ3) is 4.30. The Labute approximate surface area is 147 Å². The Kier molecular flexibility index (Phi) is 5.79. The molecular weight excluding hydrogens is 324 g/mol. The predicted octanol–water partition coefficient (Wildman–Crippen LogP) is 2.59. The van der Waals surface area contributed by atoms with Crippen molar-refractivity contribution in [3.63, 3.8) is 0 Å². The summed E-state index contributed by atoms with van der Waals surface area (Å²) < 4.78 is 5.48. The molecule has 5 nitrogen and oxygen atoms in total. The number of nitrogens with zero attached hydrogens (tertiary/aromatic N) is 1. The highest BCUT2D eigenvalue weighted by Crippen LogP contribution is 2.38. The molecule has 0 aliphatic carbocycles. The van der Waals surface area contributed by atoms with Gasteiger partial charge in [-0.25, -0.2) is 0 Å². The molecule has 2 atom stereocenters. The fourth-order valence-corrected chi connectivity index (χ4v) is 4.22. The van der Waals surface area contributed by atoms with E-state index in [4.69, 9.17) is 4.74 Å². The molecule has 1 N–H and O–H groups in total. The number of rotatable bonds is 5. The molecule has 130 valence electrons. The van der Waals surface area contributed by atoms with Gasteiger partial charge in [0.05, 0.1) is 11.8 Å². The third-order valence-corrected chi connectivity index (χ3v) is 5.49. The number of carbonyl (C=O) groups excluding carboxylic acids is 2. The van der Waals surface area contributed by atoms with Gasteiger partial charge in [-0.05, 0) is 25.0 Å². The van der Waals surface area contributed by atoms with Crippen LogP contribution in [0.15, 0.2) is 29.2 Å². The van der Waals surface area contributed by atoms with Gasteiger partial charge in [-0.2, -0.15) is 0 Å². The largest absolute Gasteiger partial charge is 0.376 e. The second kappa shape index (κ2) is 8.03. The molecule has 24 heavy (non-hydrogen) atoms. The second-order valence-corrected chi connectivity index (χ2v) is 7.82. The van der Waals surface area contributed by atoms with E-state index in [1.807, 2.05) is 29.2 Å². The van der Waals surface area contributed by atoms with E-state index in [9.17, 15) is 9.59 Å². The van der Waals surface area contributed by atoms with Crippen molar-refractivity contribution in [3.8, 4) is 0 Å². The van der Waals surface area contributed by atoms with Crippen LogP contribution in [-0.4, -0.2) is 42.9 Å². The van der Waals surface area contributed by atoms with Gasteiger partial charge in [-0.15, -0.1) is 11.8 Å². The normalized spacial score (nSPS) is 23.0. The van der Waals surface area contributed by atoms with Crippen molar-refractivity contribution in [2.24, 2.45) is 0 Å². The zero-order chi connectivity index (χ0) is 16.9. The van der Waals surface area contributed by atoms with Crippen LogP contribution in [0.1, 0.15) is 32.6 Å². The van der Waals surface area contributed by atoms with E-state index >= 15 is 0 Å². The van der Waals surface area contributed by atoms with Gasteiger partial charge in [-0.1, -0.05) is 19.1 Å². The molecule has 2 aliphatic heterocycles. The number of nitrogens with one attached hydrogen (secondary N) is 1. The molecular formula is C18H24N2O3S. The van der Waals surface area contributed by atoms with Gasteiger partial charge in [0.15, 0.2) is 0 Å². The van der Waals surface area contributed by atoms with Gasteiger partial charge < -0.3 is 15.0 Å². The standard InChI is InChI=1S/C18H24N2O3S/c1-13-12-20(15-6-2-3-7-16(15)24-13)18(22)9-8-17(21)19-11-14-5-4-10-23-14/h2-3,6-7,13-14H,4-5,8-12H2,1H3,(H,19,21)/t13-,14-/m1/s1. The van der Waals surface area contributed by atoms with Gasteiger partial charge in [0.2, 0.25) is 11.8 Å². The van der Waals surface area contributed by atoms with E-state index in [1.54, 1.807) is 11.8 Å². The van der Waals surface area contributed by atoms with E-state index in [1.165, 1.54) is 0 Å². The van der Waals surface area contributed by atoms with E-state index in [0.717, 1.165) is 30.0 Å². The summed E-state index contributed by atoms with van der Waals surface area (Å²) in [4.78, 5) is 27.5. The van der Waals surface area contributed by atoms with Crippen molar-refractivity contribution in [1.82, 2.24) is 5.32 Å². The number of fused-ring (bicyclic) bond motifs is 1. The number of hydrogen-bond acceptors (Lipinski definition) is 4. The molecule has 6 heteroatoms. The topological polar surface area (TPSA) is 58.6 Å². The van der Waals surface area contributed by atoms with Crippen LogP contribution < -0.4 is 10.2 Å². The Hall–Kier alpha value is -1.53. The van der Waals surface area contributed by atoms with Crippen LogP contribution in [0.25, 0.3) is 0 Å². The number of hydrogen-bond donors (Lipinski definition) is 1. The zero-order valence-corrected chi connectivity index (χ0v) is 14.8. The molecule has 1 saturated heterocycles. The Balaban J connectivity index is 1.50. The molecule has 0 bridgehead atoms. The summed E-state index contributed by atoms with van der Waals surface area (Å²) in [5.74, 6) is -0.0616. The highest BCUT2D eigenvalue weighted by molar-refractivity contribution is 8.00. The number of ether oxygens (including phenoxy) is 1. The number of carbonyl (C=O) groups is 2. The van der Waals surface area contributed by atoms with Gasteiger partial charge in [0, 0.05) is 42.7 Å². The minimum absolute atomic E-state index is 0.0156. The molecule has 0 saturated carbocycles. The van der Waals surface area contributed by atoms with E-state index < -0.39 is 0 Å². The molecule has 0 unspecified atom stereocenters. The van der Waals surface area contributed by atoms with Crippen LogP contribution in [0.3, 0.4) is 0 Å². The third-order valence-electron chi connectivity index (χ3n) is 4.34. The summed E-state index contributed by atoms with van der Waals surface area (Å²) in [6.45, 7) is 4.14. The SMILES string of the molecule is C[C@@H]1CN(C(=O)CCC(=O)NC[C@H]2CCCO2)c2ccccc2S1. The summed E-state index contributed by atoms with van der Waals surface area (Å²) >= 11 is 1.79. The molecule has 3 rings (SSSR count). The van der Waals surface area contributed by atoms with Crippen molar-refractivity contribution >= 4 is 29.3 Å². The van der Waals surface area contributed by atoms with E-state index in [0.29, 0.717) is 18.3 Å². The monoisotopic (exact) mass is 348 g/mol. The lowest BCUT2D eigenvalue weighted by Gasteiger charge is -2.32. The van der Waals surface area contributed by atoms with Gasteiger partial charge >= 0.3 is 0 Å². The molecule has 0 aromatic heterocycles. The number of amides is 2. The minimum atomic E-state index is -0.0773. The first-order valence-corrected chi connectivity index (χ1v) is 9.46. The lowest BCUT2D eigenvalue weighted by Crippen LogP contribution is -2.39. The average Bonchev–Trinajstić information content (AvgIpc) is 3.10. The zero-order valence-electron chi connectivity index (χ0n) is 14.0. The van der Waals surface area contributed by atoms with Crippen molar-refractivity contribution < 1.29 is 14.3 Å². The van der Waals surface area contributed by atoms with Crippen LogP contribution in [0.2, 0.25) is 0 Å². The van der Waals surface area contributed by atoms with Crippen LogP contribution in [0.4, 0.5) is 5.69 Å². The van der Waals surface area contributed by atoms with Crippen LogP contribution in [-0.2, 0) is 14.3 Å². The first-order chi connectivity index (χ1) is 11.6. The average molecular weight is 348 g/mol. The molecule has 2 heterocycles. The minimum Gasteiger partial charge on any atom is -0.376 e. The second-order valence-electron chi connectivity index (χ2n) is 6.34. The fourth-order valence-electron chi connectivity index (χ4n) is 3.10. The summed E-state index contributed by atoms with van der Waals surface area (Å²) in [5, 5.41) is 3.23. The first-order valence-electron chi connectivity index (χ1n) is 8.58. The number of thioether (sulfide) groups is 1. The molecule has 0 radical (unpaired) electrons. The molecule has 0 spiro atoms. The Morgan fingerprint density at radius 2 is 2.17 bits per heavy atom. The lowest BCUT2D eigenvalue weighted by molar-refractivity contribution is -0.125. The fraction of sp³-hybridized carbons (Fsp3) is 0.556. The maximum absolute atomic E-state index is 12.6. The summed E-state index contributed by atoms with van der Waals surface area (Å²) in [6, 6.07) is 7.96. The Morgan fingerprint density at radius 3 is 2.96 bits per heavy atom.